The van der Waals surface area contributed by atoms with Gasteiger partial charge in [-0.15, -0.1) is 0 Å². The van der Waals surface area contributed by atoms with Crippen molar-refractivity contribution in [3.63, 3.8) is 0 Å². The summed E-state index contributed by atoms with van der Waals surface area (Å²) in [7, 11) is 0. The molecule has 0 bridgehead atoms. The zero-order chi connectivity index (χ0) is 12.3. The number of benzene rings is 2. The van der Waals surface area contributed by atoms with Crippen molar-refractivity contribution < 1.29 is 6.15 Å². The summed E-state index contributed by atoms with van der Waals surface area (Å²) < 4.78 is 14.0. The zero-order valence-corrected chi connectivity index (χ0v) is 13.2. The molecule has 0 N–H and O–H groups in total. The van der Waals surface area contributed by atoms with Crippen molar-refractivity contribution in [3.8, 4) is 11.1 Å². The summed E-state index contributed by atoms with van der Waals surface area (Å²) in [5.74, 6) is 0. The molecule has 2 rings (SSSR count). The smallest absolute Gasteiger partial charge is 0.0184 e. The molecule has 0 aliphatic heterocycles. The van der Waals surface area contributed by atoms with Gasteiger partial charge in [-0.05, 0) is 11.1 Å². The van der Waals surface area contributed by atoms with Crippen LogP contribution < -0.4 is 0 Å². The molecule has 88 valence electrons. The van der Waals surface area contributed by atoms with Gasteiger partial charge in [0.05, 0.1) is 0 Å². The predicted octanol–water partition coefficient (Wildman–Crippen LogP) is 3.07. The number of rotatable bonds is 3. The first-order chi connectivity index (χ1) is 8.38. The van der Waals surface area contributed by atoms with Gasteiger partial charge in [0.2, 0.25) is 0 Å². The molecular weight excluding hydrogens is 319 g/mol. The maximum atomic E-state index is 9.50. The Labute approximate surface area is 113 Å². The maximum Gasteiger partial charge on any atom is -0.0184 e. The van der Waals surface area contributed by atoms with E-state index in [1.807, 2.05) is 19.1 Å². The average molecular weight is 335 g/mol. The van der Waals surface area contributed by atoms with E-state index >= 15 is 0 Å². The molecule has 2 aromatic rings. The molecule has 0 atom stereocenters. The van der Waals surface area contributed by atoms with Gasteiger partial charge in [0.15, 0.2) is 0 Å². The molecule has 0 spiro atoms. The van der Waals surface area contributed by atoms with Crippen molar-refractivity contribution in [2.24, 2.45) is 0 Å². The van der Waals surface area contributed by atoms with E-state index in [1.165, 1.54) is 11.1 Å². The molecule has 0 heterocycles. The second-order valence-corrected chi connectivity index (χ2v) is 4.78. The first-order valence-corrected chi connectivity index (χ1v) is 8.23. The van der Waals surface area contributed by atoms with Crippen LogP contribution in [0.4, 0.5) is 0 Å². The van der Waals surface area contributed by atoms with Gasteiger partial charge in [-0.2, -0.15) is 0 Å². The largest absolute Gasteiger partial charge is 0.0622 e. The summed E-state index contributed by atoms with van der Waals surface area (Å²) in [5.41, 5.74) is 2.55. The standard InChI is InChI=1S/C12H10.C2H5O.O.Sn.H/c1-3-7-11(8-4-1)12-9-5-2-6-10-12;1-2-3;;;/h1-10H;2H2,1H3;;;/q;-1;;+1;. The van der Waals surface area contributed by atoms with Gasteiger partial charge >= 0.3 is 41.2 Å². The van der Waals surface area contributed by atoms with Crippen LogP contribution in [0.25, 0.3) is 11.1 Å². The van der Waals surface area contributed by atoms with Crippen LogP contribution >= 0.6 is 0 Å². The van der Waals surface area contributed by atoms with Crippen LogP contribution in [0.1, 0.15) is 6.92 Å². The van der Waals surface area contributed by atoms with Crippen molar-refractivity contribution in [3.05, 3.63) is 60.7 Å². The minimum absolute atomic E-state index is 0.616. The molecule has 0 radical (unpaired) electrons. The molecule has 2 aromatic carbocycles. The molecule has 0 saturated carbocycles. The second-order valence-electron chi connectivity index (χ2n) is 3.28. The maximum absolute atomic E-state index is 9.50. The SMILES string of the molecule is CC[O][SnH]=[O].c1ccc(-c2ccccc2)cc1. The monoisotopic (exact) mass is 336 g/mol. The van der Waals surface area contributed by atoms with Crippen LogP contribution in [0.5, 0.6) is 0 Å². The van der Waals surface area contributed by atoms with Gasteiger partial charge in [0, 0.05) is 0 Å². The molecule has 0 unspecified atom stereocenters. The Morgan fingerprint density at radius 1 is 0.882 bits per heavy atom. The summed E-state index contributed by atoms with van der Waals surface area (Å²) in [6.45, 7) is 2.45. The Bertz CT molecular complexity index is 377. The molecule has 0 aromatic heterocycles. The van der Waals surface area contributed by atoms with Crippen LogP contribution in [0.2, 0.25) is 0 Å². The van der Waals surface area contributed by atoms with Crippen molar-refractivity contribution in [1.29, 1.82) is 0 Å². The topological polar surface area (TPSA) is 26.3 Å². The summed E-state index contributed by atoms with van der Waals surface area (Å²) in [6, 6.07) is 20.8. The molecule has 0 amide bonds. The molecule has 0 aliphatic carbocycles. The minimum atomic E-state index is -1.68. The third-order valence-corrected chi connectivity index (χ3v) is 3.46. The van der Waals surface area contributed by atoms with Crippen molar-refractivity contribution in [1.82, 2.24) is 0 Å². The molecule has 0 fully saturated rings. The Balaban J connectivity index is 0.000000249. The first kappa shape index (κ1) is 14.1. The van der Waals surface area contributed by atoms with Gasteiger partial charge in [0.1, 0.15) is 0 Å². The minimum Gasteiger partial charge on any atom is -0.0622 e. The molecular formula is C14H16O2Sn. The van der Waals surface area contributed by atoms with E-state index in [9.17, 15) is 3.08 Å². The van der Waals surface area contributed by atoms with E-state index in [1.54, 1.807) is 0 Å². The van der Waals surface area contributed by atoms with Gasteiger partial charge < -0.3 is 0 Å². The molecule has 0 saturated heterocycles. The molecule has 0 aliphatic rings. The van der Waals surface area contributed by atoms with E-state index in [-0.39, 0.29) is 0 Å². The van der Waals surface area contributed by atoms with Crippen molar-refractivity contribution in [2.75, 3.05) is 6.61 Å². The Hall–Kier alpha value is -1.00. The predicted molar refractivity (Wildman–Crippen MR) is 71.3 cm³/mol. The second kappa shape index (κ2) is 9.07. The van der Waals surface area contributed by atoms with E-state index in [0.717, 1.165) is 0 Å². The molecule has 2 nitrogen and oxygen atoms in total. The summed E-state index contributed by atoms with van der Waals surface area (Å²) in [4.78, 5) is 0. The number of hydrogen-bond acceptors (Lipinski definition) is 2. The van der Waals surface area contributed by atoms with Crippen molar-refractivity contribution in [2.45, 2.75) is 6.92 Å². The zero-order valence-electron chi connectivity index (χ0n) is 9.87. The van der Waals surface area contributed by atoms with Gasteiger partial charge in [0.25, 0.3) is 0 Å². The Kier molecular flexibility index (Phi) is 7.50. The first-order valence-electron chi connectivity index (χ1n) is 5.54. The van der Waals surface area contributed by atoms with Crippen LogP contribution in [0.3, 0.4) is 0 Å². The van der Waals surface area contributed by atoms with Crippen LogP contribution in [0, 0.1) is 0 Å². The fraction of sp³-hybridized carbons (Fsp3) is 0.143. The van der Waals surface area contributed by atoms with Gasteiger partial charge in [-0.3, -0.25) is 0 Å². The van der Waals surface area contributed by atoms with Crippen LogP contribution in [0.15, 0.2) is 60.7 Å². The average Bonchev–Trinajstić information content (AvgIpc) is 2.42. The van der Waals surface area contributed by atoms with Crippen molar-refractivity contribution >= 4 is 21.5 Å². The Morgan fingerprint density at radius 3 is 1.53 bits per heavy atom. The number of hydrogen-bond donors (Lipinski definition) is 0. The van der Waals surface area contributed by atoms with Crippen LogP contribution in [-0.4, -0.2) is 28.1 Å². The van der Waals surface area contributed by atoms with Gasteiger partial charge in [-0.1, -0.05) is 60.7 Å². The van der Waals surface area contributed by atoms with E-state index in [4.69, 9.17) is 0 Å². The van der Waals surface area contributed by atoms with Crippen LogP contribution in [-0.2, 0) is 6.15 Å². The quantitative estimate of drug-likeness (QED) is 0.806. The van der Waals surface area contributed by atoms with E-state index in [0.29, 0.717) is 6.61 Å². The molecule has 17 heavy (non-hydrogen) atoms. The normalized spacial score (nSPS) is 9.00. The summed E-state index contributed by atoms with van der Waals surface area (Å²) in [5, 5.41) is 0. The third-order valence-electron chi connectivity index (χ3n) is 2.12. The third kappa shape index (κ3) is 5.75. The van der Waals surface area contributed by atoms with E-state index in [2.05, 4.69) is 51.6 Å². The fourth-order valence-electron chi connectivity index (χ4n) is 1.33. The summed E-state index contributed by atoms with van der Waals surface area (Å²) >= 11 is -1.68. The Morgan fingerprint density at radius 2 is 1.29 bits per heavy atom. The van der Waals surface area contributed by atoms with Gasteiger partial charge in [-0.25, -0.2) is 0 Å². The summed E-state index contributed by atoms with van der Waals surface area (Å²) in [6.07, 6.45) is 0. The molecule has 3 heteroatoms. The van der Waals surface area contributed by atoms with E-state index < -0.39 is 21.5 Å². The fourth-order valence-corrected chi connectivity index (χ4v) is 1.72.